The molecule has 0 aromatic heterocycles. The van der Waals surface area contributed by atoms with E-state index < -0.39 is 0 Å². The van der Waals surface area contributed by atoms with Gasteiger partial charge < -0.3 is 10.4 Å². The van der Waals surface area contributed by atoms with Crippen molar-refractivity contribution in [3.63, 3.8) is 0 Å². The van der Waals surface area contributed by atoms with E-state index in [-0.39, 0.29) is 13.0 Å². The molecule has 0 radical (unpaired) electrons. The first-order chi connectivity index (χ1) is 7.26. The molecule has 80 valence electrons. The molecule has 0 spiro atoms. The first kappa shape index (κ1) is 11.1. The molecule has 0 fully saturated rings. The average Bonchev–Trinajstić information content (AvgIpc) is 2.56. The summed E-state index contributed by atoms with van der Waals surface area (Å²) in [5.41, 5.74) is 8.21. The molecule has 0 saturated carbocycles. The van der Waals surface area contributed by atoms with Crippen molar-refractivity contribution in [1.29, 1.82) is 0 Å². The average molecular weight is 221 g/mol. The third-order valence-electron chi connectivity index (χ3n) is 2.83. The minimum Gasteiger partial charge on any atom is -0.424 e. The van der Waals surface area contributed by atoms with Gasteiger partial charge in [0, 0.05) is 10.8 Å². The number of thioether (sulfide) groups is 1. The van der Waals surface area contributed by atoms with Gasteiger partial charge >= 0.3 is 6.92 Å². The molecule has 2 N–H and O–H groups in total. The molecule has 1 aromatic rings. The number of benzene rings is 1. The van der Waals surface area contributed by atoms with Gasteiger partial charge in [-0.2, -0.15) is 0 Å². The van der Waals surface area contributed by atoms with Gasteiger partial charge in [0.2, 0.25) is 0 Å². The quantitative estimate of drug-likeness (QED) is 0.481. The van der Waals surface area contributed by atoms with Crippen molar-refractivity contribution in [2.24, 2.45) is 5.73 Å². The van der Waals surface area contributed by atoms with Crippen LogP contribution in [0.25, 0.3) is 0 Å². The maximum absolute atomic E-state index is 5.87. The van der Waals surface area contributed by atoms with Crippen molar-refractivity contribution >= 4 is 24.1 Å². The molecule has 2 rings (SSSR count). The zero-order valence-corrected chi connectivity index (χ0v) is 10.0. The lowest BCUT2D eigenvalue weighted by atomic mass is 9.64. The molecule has 0 unspecified atom stereocenters. The molecule has 0 bridgehead atoms. The van der Waals surface area contributed by atoms with E-state index >= 15 is 0 Å². The van der Waals surface area contributed by atoms with E-state index in [9.17, 15) is 0 Å². The molecule has 0 amide bonds. The van der Waals surface area contributed by atoms with Crippen LogP contribution in [-0.4, -0.2) is 12.8 Å². The van der Waals surface area contributed by atoms with E-state index in [4.69, 9.17) is 10.4 Å². The summed E-state index contributed by atoms with van der Waals surface area (Å²) in [5.74, 6) is 0.630. The van der Waals surface area contributed by atoms with Crippen LogP contribution in [0.3, 0.4) is 0 Å². The number of hydrogen-bond donors (Lipinski definition) is 1. The van der Waals surface area contributed by atoms with Gasteiger partial charge in [-0.3, -0.25) is 0 Å². The zero-order chi connectivity index (χ0) is 10.8. The highest BCUT2D eigenvalue weighted by molar-refractivity contribution is 7.99. The first-order valence-corrected chi connectivity index (χ1v) is 6.37. The van der Waals surface area contributed by atoms with Crippen LogP contribution in [0.15, 0.2) is 23.1 Å². The highest BCUT2D eigenvalue weighted by Crippen LogP contribution is 2.29. The Labute approximate surface area is 95.7 Å². The van der Waals surface area contributed by atoms with E-state index in [0.29, 0.717) is 5.88 Å². The summed E-state index contributed by atoms with van der Waals surface area (Å²) in [7, 11) is 0. The summed E-state index contributed by atoms with van der Waals surface area (Å²) in [6, 6.07) is 6.54. The summed E-state index contributed by atoms with van der Waals surface area (Å²) in [4.78, 5) is 1.24. The minimum atomic E-state index is 0.225. The lowest BCUT2D eigenvalue weighted by Crippen LogP contribution is -2.24. The Morgan fingerprint density at radius 2 is 2.33 bits per heavy atom. The monoisotopic (exact) mass is 221 g/mol. The van der Waals surface area contributed by atoms with E-state index in [2.05, 4.69) is 31.9 Å². The number of hydrogen-bond acceptors (Lipinski definition) is 3. The molecular weight excluding hydrogens is 205 g/mol. The second kappa shape index (κ2) is 4.60. The van der Waals surface area contributed by atoms with Crippen LogP contribution in [0.1, 0.15) is 25.0 Å². The summed E-state index contributed by atoms with van der Waals surface area (Å²) in [6.45, 7) is 4.50. The molecule has 1 heterocycles. The van der Waals surface area contributed by atoms with Crippen molar-refractivity contribution in [2.45, 2.75) is 31.2 Å². The summed E-state index contributed by atoms with van der Waals surface area (Å²) in [6.07, 6.45) is 1.33. The van der Waals surface area contributed by atoms with Gasteiger partial charge in [0.1, 0.15) is 0 Å². The Hall–Kier alpha value is -0.445. The van der Waals surface area contributed by atoms with Gasteiger partial charge in [0.15, 0.2) is 0 Å². The van der Waals surface area contributed by atoms with Crippen LogP contribution < -0.4 is 11.2 Å². The molecule has 1 aliphatic rings. The van der Waals surface area contributed by atoms with Gasteiger partial charge in [-0.05, 0) is 23.5 Å². The van der Waals surface area contributed by atoms with Crippen LogP contribution in [0, 0.1) is 0 Å². The first-order valence-electron chi connectivity index (χ1n) is 5.38. The molecule has 2 nitrogen and oxygen atoms in total. The van der Waals surface area contributed by atoms with Gasteiger partial charge in [0.05, 0.1) is 6.10 Å². The Kier molecular flexibility index (Phi) is 3.39. The molecular formula is C11H16BNOS. The van der Waals surface area contributed by atoms with Gasteiger partial charge in [-0.1, -0.05) is 25.9 Å². The summed E-state index contributed by atoms with van der Waals surface area (Å²) in [5, 5.41) is 0. The van der Waals surface area contributed by atoms with Crippen LogP contribution in [0.5, 0.6) is 0 Å². The Balaban J connectivity index is 2.32. The van der Waals surface area contributed by atoms with E-state index in [1.807, 2.05) is 0 Å². The van der Waals surface area contributed by atoms with Crippen molar-refractivity contribution < 1.29 is 4.65 Å². The zero-order valence-electron chi connectivity index (χ0n) is 9.19. The van der Waals surface area contributed by atoms with Crippen LogP contribution in [0.2, 0.25) is 6.82 Å². The molecule has 1 aromatic carbocycles. The molecule has 1 atom stereocenters. The second-order valence-electron chi connectivity index (χ2n) is 3.78. The highest BCUT2D eigenvalue weighted by Gasteiger charge is 2.30. The van der Waals surface area contributed by atoms with E-state index in [1.54, 1.807) is 11.8 Å². The standard InChI is InChI=1S/C11H16BNOS/c1-3-11-9-5-4-8(15-7-13)6-10(9)12(2)14-11/h4-6,11H,3,7,13H2,1-2H3/t11-/m1/s1. The lowest BCUT2D eigenvalue weighted by molar-refractivity contribution is 0.221. The molecule has 0 saturated heterocycles. The van der Waals surface area contributed by atoms with E-state index in [0.717, 1.165) is 6.42 Å². The SMILES string of the molecule is CC[C@H]1OB(C)c2cc(SCN)ccc21. The fourth-order valence-corrected chi connectivity index (χ4v) is 2.66. The minimum absolute atomic E-state index is 0.225. The number of rotatable bonds is 3. The third kappa shape index (κ3) is 2.07. The normalized spacial score (nSPS) is 19.4. The van der Waals surface area contributed by atoms with Crippen molar-refractivity contribution in [1.82, 2.24) is 0 Å². The predicted octanol–water partition coefficient (Wildman–Crippen LogP) is 2.00. The number of fused-ring (bicyclic) bond motifs is 1. The Morgan fingerprint density at radius 3 is 3.00 bits per heavy atom. The Bertz CT molecular complexity index is 358. The third-order valence-corrected chi connectivity index (χ3v) is 3.59. The van der Waals surface area contributed by atoms with Crippen LogP contribution in [0.4, 0.5) is 0 Å². The maximum Gasteiger partial charge on any atom is 0.324 e. The lowest BCUT2D eigenvalue weighted by Gasteiger charge is -2.09. The fourth-order valence-electron chi connectivity index (χ4n) is 2.09. The molecule has 4 heteroatoms. The van der Waals surface area contributed by atoms with Gasteiger partial charge in [-0.25, -0.2) is 0 Å². The summed E-state index contributed by atoms with van der Waals surface area (Å²) < 4.78 is 5.87. The predicted molar refractivity (Wildman–Crippen MR) is 66.7 cm³/mol. The second-order valence-corrected chi connectivity index (χ2v) is 4.87. The van der Waals surface area contributed by atoms with Gasteiger partial charge in [0.25, 0.3) is 0 Å². The van der Waals surface area contributed by atoms with Crippen molar-refractivity contribution in [3.8, 4) is 0 Å². The Morgan fingerprint density at radius 1 is 1.53 bits per heavy atom. The largest absolute Gasteiger partial charge is 0.424 e. The molecule has 15 heavy (non-hydrogen) atoms. The van der Waals surface area contributed by atoms with E-state index in [1.165, 1.54) is 15.9 Å². The smallest absolute Gasteiger partial charge is 0.324 e. The van der Waals surface area contributed by atoms with Crippen LogP contribution in [-0.2, 0) is 4.65 Å². The summed E-state index contributed by atoms with van der Waals surface area (Å²) >= 11 is 1.67. The van der Waals surface area contributed by atoms with Crippen LogP contribution >= 0.6 is 11.8 Å². The highest BCUT2D eigenvalue weighted by atomic mass is 32.2. The number of nitrogens with two attached hydrogens (primary N) is 1. The molecule has 0 aliphatic carbocycles. The van der Waals surface area contributed by atoms with Crippen molar-refractivity contribution in [2.75, 3.05) is 5.88 Å². The van der Waals surface area contributed by atoms with Crippen molar-refractivity contribution in [3.05, 3.63) is 23.8 Å². The maximum atomic E-state index is 5.87. The molecule has 1 aliphatic heterocycles. The van der Waals surface area contributed by atoms with Gasteiger partial charge in [-0.15, -0.1) is 11.8 Å². The topological polar surface area (TPSA) is 35.2 Å². The fraction of sp³-hybridized carbons (Fsp3) is 0.455.